The maximum absolute atomic E-state index is 12.4. The van der Waals surface area contributed by atoms with Crippen LogP contribution in [0.5, 0.6) is 0 Å². The SMILES string of the molecule is O=C(O)Cn1nccc1C(=O)Nc1cccc(Cn2cc(Cl)cn2)c1. The second kappa shape index (κ2) is 7.18. The van der Waals surface area contributed by atoms with Gasteiger partial charge in [0.1, 0.15) is 12.2 Å². The third kappa shape index (κ3) is 4.24. The van der Waals surface area contributed by atoms with Crippen molar-refractivity contribution >= 4 is 29.2 Å². The van der Waals surface area contributed by atoms with Crippen LogP contribution in [0.2, 0.25) is 5.02 Å². The van der Waals surface area contributed by atoms with Crippen LogP contribution in [0.1, 0.15) is 16.1 Å². The number of nitrogens with one attached hydrogen (secondary N) is 1. The van der Waals surface area contributed by atoms with Gasteiger partial charge in [-0.3, -0.25) is 14.3 Å². The van der Waals surface area contributed by atoms with Crippen LogP contribution in [0.4, 0.5) is 5.69 Å². The van der Waals surface area contributed by atoms with E-state index >= 15 is 0 Å². The van der Waals surface area contributed by atoms with E-state index in [9.17, 15) is 9.59 Å². The molecule has 0 aliphatic carbocycles. The third-order valence-corrected chi connectivity index (χ3v) is 3.56. The van der Waals surface area contributed by atoms with Crippen LogP contribution in [-0.4, -0.2) is 36.5 Å². The molecule has 0 aliphatic rings. The van der Waals surface area contributed by atoms with Crippen molar-refractivity contribution in [3.63, 3.8) is 0 Å². The van der Waals surface area contributed by atoms with E-state index in [4.69, 9.17) is 16.7 Å². The van der Waals surface area contributed by atoms with Gasteiger partial charge in [-0.1, -0.05) is 23.7 Å². The highest BCUT2D eigenvalue weighted by atomic mass is 35.5. The Balaban J connectivity index is 1.72. The van der Waals surface area contributed by atoms with Gasteiger partial charge in [0, 0.05) is 18.1 Å². The van der Waals surface area contributed by atoms with E-state index in [0.717, 1.165) is 10.2 Å². The molecule has 0 unspecified atom stereocenters. The number of carbonyl (C=O) groups excluding carboxylic acids is 1. The maximum Gasteiger partial charge on any atom is 0.325 e. The molecular formula is C16H14ClN5O3. The van der Waals surface area contributed by atoms with Crippen molar-refractivity contribution in [2.24, 2.45) is 0 Å². The lowest BCUT2D eigenvalue weighted by molar-refractivity contribution is -0.137. The highest BCUT2D eigenvalue weighted by Crippen LogP contribution is 2.14. The molecule has 3 rings (SSSR count). The van der Waals surface area contributed by atoms with Crippen LogP contribution < -0.4 is 5.32 Å². The molecule has 0 saturated carbocycles. The van der Waals surface area contributed by atoms with E-state index in [0.29, 0.717) is 17.3 Å². The number of aromatic nitrogens is 4. The van der Waals surface area contributed by atoms with Crippen LogP contribution in [0, 0.1) is 0 Å². The first-order valence-electron chi connectivity index (χ1n) is 7.33. The van der Waals surface area contributed by atoms with Crippen LogP contribution in [0.25, 0.3) is 0 Å². The summed E-state index contributed by atoms with van der Waals surface area (Å²) in [6.45, 7) is 0.128. The standard InChI is InChI=1S/C16H14ClN5O3/c17-12-7-19-21(9-12)8-11-2-1-3-13(6-11)20-16(25)14-4-5-18-22(14)10-15(23)24/h1-7,9H,8,10H2,(H,20,25)(H,23,24). The number of carbonyl (C=O) groups is 2. The second-order valence-corrected chi connectivity index (χ2v) is 5.71. The quantitative estimate of drug-likeness (QED) is 0.701. The number of benzene rings is 1. The summed E-state index contributed by atoms with van der Waals surface area (Å²) in [5.41, 5.74) is 1.69. The van der Waals surface area contributed by atoms with Gasteiger partial charge in [-0.05, 0) is 23.8 Å². The van der Waals surface area contributed by atoms with Gasteiger partial charge < -0.3 is 10.4 Å². The van der Waals surface area contributed by atoms with Gasteiger partial charge in [-0.2, -0.15) is 10.2 Å². The molecule has 128 valence electrons. The average Bonchev–Trinajstić information content (AvgIpc) is 3.16. The van der Waals surface area contributed by atoms with Gasteiger partial charge in [0.25, 0.3) is 5.91 Å². The van der Waals surface area contributed by atoms with Crippen LogP contribution in [0.15, 0.2) is 48.9 Å². The van der Waals surface area contributed by atoms with Crippen molar-refractivity contribution in [2.45, 2.75) is 13.1 Å². The first kappa shape index (κ1) is 16.7. The fraction of sp³-hybridized carbons (Fsp3) is 0.125. The highest BCUT2D eigenvalue weighted by Gasteiger charge is 2.14. The van der Waals surface area contributed by atoms with Gasteiger partial charge in [0.15, 0.2) is 0 Å². The van der Waals surface area contributed by atoms with E-state index in [1.165, 1.54) is 12.3 Å². The van der Waals surface area contributed by atoms with Gasteiger partial charge in [-0.15, -0.1) is 0 Å². The minimum absolute atomic E-state index is 0.173. The molecule has 2 aromatic heterocycles. The highest BCUT2D eigenvalue weighted by molar-refractivity contribution is 6.30. The van der Waals surface area contributed by atoms with E-state index in [-0.39, 0.29) is 12.2 Å². The molecular weight excluding hydrogens is 346 g/mol. The summed E-state index contributed by atoms with van der Waals surface area (Å²) >= 11 is 5.84. The molecule has 1 aromatic carbocycles. The first-order valence-corrected chi connectivity index (χ1v) is 7.71. The summed E-state index contributed by atoms with van der Waals surface area (Å²) in [5, 5.41) is 20.1. The predicted molar refractivity (Wildman–Crippen MR) is 90.6 cm³/mol. The number of carboxylic acid groups (broad SMARTS) is 1. The number of rotatable bonds is 6. The topological polar surface area (TPSA) is 102 Å². The molecule has 25 heavy (non-hydrogen) atoms. The minimum atomic E-state index is -1.07. The Kier molecular flexibility index (Phi) is 4.80. The Morgan fingerprint density at radius 2 is 2.08 bits per heavy atom. The Bertz CT molecular complexity index is 918. The summed E-state index contributed by atoms with van der Waals surface area (Å²) in [6.07, 6.45) is 4.64. The van der Waals surface area contributed by atoms with Crippen molar-refractivity contribution in [3.8, 4) is 0 Å². The van der Waals surface area contributed by atoms with Crippen molar-refractivity contribution in [1.82, 2.24) is 19.6 Å². The third-order valence-electron chi connectivity index (χ3n) is 3.37. The maximum atomic E-state index is 12.4. The molecule has 8 nitrogen and oxygen atoms in total. The van der Waals surface area contributed by atoms with Crippen LogP contribution in [-0.2, 0) is 17.9 Å². The lowest BCUT2D eigenvalue weighted by Crippen LogP contribution is -2.20. The minimum Gasteiger partial charge on any atom is -0.480 e. The number of anilines is 1. The summed E-state index contributed by atoms with van der Waals surface area (Å²) in [7, 11) is 0. The van der Waals surface area contributed by atoms with Crippen molar-refractivity contribution in [1.29, 1.82) is 0 Å². The monoisotopic (exact) mass is 359 g/mol. The van der Waals surface area contributed by atoms with E-state index in [1.54, 1.807) is 23.1 Å². The fourth-order valence-electron chi connectivity index (χ4n) is 2.33. The first-order chi connectivity index (χ1) is 12.0. The Morgan fingerprint density at radius 1 is 1.24 bits per heavy atom. The molecule has 0 fully saturated rings. The number of amides is 1. The Morgan fingerprint density at radius 3 is 2.80 bits per heavy atom. The van der Waals surface area contributed by atoms with Gasteiger partial charge in [-0.25, -0.2) is 4.68 Å². The second-order valence-electron chi connectivity index (χ2n) is 5.28. The molecule has 0 aliphatic heterocycles. The zero-order valence-corrected chi connectivity index (χ0v) is 13.7. The lowest BCUT2D eigenvalue weighted by atomic mass is 10.2. The van der Waals surface area contributed by atoms with Crippen LogP contribution >= 0.6 is 11.6 Å². The summed E-state index contributed by atoms with van der Waals surface area (Å²) in [5.74, 6) is -1.50. The van der Waals surface area contributed by atoms with E-state index in [1.807, 2.05) is 18.2 Å². The van der Waals surface area contributed by atoms with E-state index in [2.05, 4.69) is 15.5 Å². The molecule has 9 heteroatoms. The summed E-state index contributed by atoms with van der Waals surface area (Å²) in [6, 6.07) is 8.74. The number of hydrogen-bond acceptors (Lipinski definition) is 4. The zero-order chi connectivity index (χ0) is 17.8. The largest absolute Gasteiger partial charge is 0.480 e. The van der Waals surface area contributed by atoms with Gasteiger partial charge in [0.2, 0.25) is 0 Å². The molecule has 0 bridgehead atoms. The van der Waals surface area contributed by atoms with Crippen LogP contribution in [0.3, 0.4) is 0 Å². The average molecular weight is 360 g/mol. The number of halogens is 1. The van der Waals surface area contributed by atoms with Crippen molar-refractivity contribution in [3.05, 3.63) is 65.2 Å². The van der Waals surface area contributed by atoms with Gasteiger partial charge >= 0.3 is 5.97 Å². The van der Waals surface area contributed by atoms with Crippen molar-refractivity contribution in [2.75, 3.05) is 5.32 Å². The molecule has 0 spiro atoms. The normalized spacial score (nSPS) is 10.6. The predicted octanol–water partition coefficient (Wildman–Crippen LogP) is 2.12. The smallest absolute Gasteiger partial charge is 0.325 e. The molecule has 3 aromatic rings. The molecule has 0 atom stereocenters. The number of hydrogen-bond donors (Lipinski definition) is 2. The number of carboxylic acids is 1. The Labute approximate surface area is 147 Å². The summed E-state index contributed by atoms with van der Waals surface area (Å²) in [4.78, 5) is 23.2. The molecule has 0 saturated heterocycles. The van der Waals surface area contributed by atoms with Gasteiger partial charge in [0.05, 0.1) is 17.8 Å². The summed E-state index contributed by atoms with van der Waals surface area (Å²) < 4.78 is 2.82. The molecule has 0 radical (unpaired) electrons. The molecule has 2 heterocycles. The van der Waals surface area contributed by atoms with Crippen molar-refractivity contribution < 1.29 is 14.7 Å². The fourth-order valence-corrected chi connectivity index (χ4v) is 2.49. The Hall–Kier alpha value is -3.13. The number of nitrogens with zero attached hydrogens (tertiary/aromatic N) is 4. The number of aliphatic carboxylic acids is 1. The zero-order valence-electron chi connectivity index (χ0n) is 13.0. The van der Waals surface area contributed by atoms with E-state index < -0.39 is 11.9 Å². The molecule has 1 amide bonds. The lowest BCUT2D eigenvalue weighted by Gasteiger charge is -2.09. The molecule has 2 N–H and O–H groups in total.